The van der Waals surface area contributed by atoms with E-state index in [1.54, 1.807) is 6.07 Å². The highest BCUT2D eigenvalue weighted by Gasteiger charge is 2.10. The fourth-order valence-corrected chi connectivity index (χ4v) is 2.58. The van der Waals surface area contributed by atoms with Crippen molar-refractivity contribution in [1.29, 1.82) is 0 Å². The molecule has 1 heterocycles. The van der Waals surface area contributed by atoms with Crippen LogP contribution in [0.3, 0.4) is 0 Å². The van der Waals surface area contributed by atoms with E-state index < -0.39 is 5.97 Å². The van der Waals surface area contributed by atoms with Gasteiger partial charge in [0, 0.05) is 12.0 Å². The van der Waals surface area contributed by atoms with Gasteiger partial charge < -0.3 is 9.47 Å². The molecule has 3 rings (SSSR count). The fraction of sp³-hybridized carbons (Fsp3) is 0.182. The van der Waals surface area contributed by atoms with Gasteiger partial charge in [0.1, 0.15) is 11.4 Å². The molecule has 0 radical (unpaired) electrons. The maximum absolute atomic E-state index is 12.3. The van der Waals surface area contributed by atoms with Crippen LogP contribution in [-0.4, -0.2) is 24.2 Å². The van der Waals surface area contributed by atoms with Gasteiger partial charge in [-0.15, -0.1) is 0 Å². The molecule has 0 saturated heterocycles. The van der Waals surface area contributed by atoms with Crippen molar-refractivity contribution in [3.63, 3.8) is 0 Å². The number of carbonyl (C=O) groups is 1. The lowest BCUT2D eigenvalue weighted by Gasteiger charge is -2.07. The van der Waals surface area contributed by atoms with E-state index in [9.17, 15) is 4.79 Å². The van der Waals surface area contributed by atoms with Crippen LogP contribution < -0.4 is 4.74 Å². The molecule has 0 aliphatic rings. The second kappa shape index (κ2) is 8.81. The van der Waals surface area contributed by atoms with Crippen molar-refractivity contribution in [3.8, 4) is 17.0 Å². The van der Waals surface area contributed by atoms with Crippen molar-refractivity contribution in [2.45, 2.75) is 13.3 Å². The van der Waals surface area contributed by atoms with Crippen molar-refractivity contribution in [1.82, 2.24) is 4.98 Å². The molecule has 0 aliphatic heterocycles. The predicted molar refractivity (Wildman–Crippen MR) is 101 cm³/mol. The Kier molecular flexibility index (Phi) is 5.99. The molecule has 0 saturated carbocycles. The smallest absolute Gasteiger partial charge is 0.356 e. The van der Waals surface area contributed by atoms with Gasteiger partial charge in [-0.25, -0.2) is 9.78 Å². The summed E-state index contributed by atoms with van der Waals surface area (Å²) in [5.41, 5.74) is 3.10. The van der Waals surface area contributed by atoms with Gasteiger partial charge in [0.25, 0.3) is 0 Å². The summed E-state index contributed by atoms with van der Waals surface area (Å²) in [5, 5.41) is 0. The Bertz CT molecular complexity index is 845. The molecule has 0 bridgehead atoms. The molecule has 3 aromatic rings. The van der Waals surface area contributed by atoms with Crippen LogP contribution in [0.25, 0.3) is 11.3 Å². The van der Waals surface area contributed by atoms with Crippen LogP contribution >= 0.6 is 0 Å². The van der Waals surface area contributed by atoms with E-state index in [0.717, 1.165) is 22.6 Å². The SMILES string of the molecule is CCOc1ccc(-c2cccc(C(=O)OCCc3ccccc3)n2)cc1. The van der Waals surface area contributed by atoms with Crippen LogP contribution in [0.1, 0.15) is 23.0 Å². The predicted octanol–water partition coefficient (Wildman–Crippen LogP) is 4.55. The molecule has 0 fully saturated rings. The summed E-state index contributed by atoms with van der Waals surface area (Å²) in [5.74, 6) is 0.404. The number of aromatic nitrogens is 1. The van der Waals surface area contributed by atoms with Gasteiger partial charge in [-0.05, 0) is 48.9 Å². The quantitative estimate of drug-likeness (QED) is 0.589. The fourth-order valence-electron chi connectivity index (χ4n) is 2.58. The van der Waals surface area contributed by atoms with Crippen LogP contribution in [-0.2, 0) is 11.2 Å². The third kappa shape index (κ3) is 4.70. The third-order valence-corrected chi connectivity index (χ3v) is 3.89. The summed E-state index contributed by atoms with van der Waals surface area (Å²) >= 11 is 0. The Balaban J connectivity index is 1.63. The van der Waals surface area contributed by atoms with Gasteiger partial charge in [-0.3, -0.25) is 0 Å². The Morgan fingerprint density at radius 1 is 0.923 bits per heavy atom. The lowest BCUT2D eigenvalue weighted by atomic mass is 10.1. The second-order valence-corrected chi connectivity index (χ2v) is 5.74. The topological polar surface area (TPSA) is 48.4 Å². The molecule has 0 aliphatic carbocycles. The summed E-state index contributed by atoms with van der Waals surface area (Å²) in [6, 6.07) is 22.9. The van der Waals surface area contributed by atoms with E-state index >= 15 is 0 Å². The lowest BCUT2D eigenvalue weighted by Crippen LogP contribution is -2.10. The van der Waals surface area contributed by atoms with Gasteiger partial charge in [0.2, 0.25) is 0 Å². The molecule has 1 aromatic heterocycles. The maximum atomic E-state index is 12.3. The highest BCUT2D eigenvalue weighted by Crippen LogP contribution is 2.21. The average molecular weight is 347 g/mol. The first-order valence-corrected chi connectivity index (χ1v) is 8.67. The molecule has 0 unspecified atom stereocenters. The molecule has 0 N–H and O–H groups in total. The Morgan fingerprint density at radius 3 is 2.42 bits per heavy atom. The minimum absolute atomic E-state index is 0.310. The van der Waals surface area contributed by atoms with Crippen LogP contribution in [0.2, 0.25) is 0 Å². The van der Waals surface area contributed by atoms with E-state index in [1.807, 2.05) is 73.7 Å². The zero-order chi connectivity index (χ0) is 18.2. The molecule has 2 aromatic carbocycles. The summed E-state index contributed by atoms with van der Waals surface area (Å²) in [7, 11) is 0. The van der Waals surface area contributed by atoms with E-state index in [4.69, 9.17) is 9.47 Å². The summed E-state index contributed by atoms with van der Waals surface area (Å²) in [6.45, 7) is 2.90. The zero-order valence-corrected chi connectivity index (χ0v) is 14.7. The number of esters is 1. The number of ether oxygens (including phenoxy) is 2. The molecular formula is C22H21NO3. The molecule has 0 atom stereocenters. The largest absolute Gasteiger partial charge is 0.494 e. The third-order valence-electron chi connectivity index (χ3n) is 3.89. The van der Waals surface area contributed by atoms with Crippen LogP contribution in [0.15, 0.2) is 72.8 Å². The van der Waals surface area contributed by atoms with Crippen LogP contribution in [0, 0.1) is 0 Å². The minimum atomic E-state index is -0.409. The number of pyridine rings is 1. The van der Waals surface area contributed by atoms with Gasteiger partial charge in [0.05, 0.1) is 18.9 Å². The summed E-state index contributed by atoms with van der Waals surface area (Å²) in [6.07, 6.45) is 0.686. The van der Waals surface area contributed by atoms with E-state index in [0.29, 0.717) is 25.3 Å². The molecule has 0 amide bonds. The highest BCUT2D eigenvalue weighted by molar-refractivity contribution is 5.88. The number of rotatable bonds is 7. The van der Waals surface area contributed by atoms with Gasteiger partial charge in [0.15, 0.2) is 0 Å². The van der Waals surface area contributed by atoms with Crippen LogP contribution in [0.5, 0.6) is 5.75 Å². The molecule has 0 spiro atoms. The Hall–Kier alpha value is -3.14. The van der Waals surface area contributed by atoms with Gasteiger partial charge in [-0.1, -0.05) is 36.4 Å². The van der Waals surface area contributed by atoms with Crippen molar-refractivity contribution < 1.29 is 14.3 Å². The molecule has 132 valence electrons. The van der Waals surface area contributed by atoms with Crippen LogP contribution in [0.4, 0.5) is 0 Å². The van der Waals surface area contributed by atoms with Crippen molar-refractivity contribution >= 4 is 5.97 Å². The first-order valence-electron chi connectivity index (χ1n) is 8.67. The molecule has 26 heavy (non-hydrogen) atoms. The summed E-state index contributed by atoms with van der Waals surface area (Å²) < 4.78 is 10.8. The minimum Gasteiger partial charge on any atom is -0.494 e. The normalized spacial score (nSPS) is 10.3. The van der Waals surface area contributed by atoms with Gasteiger partial charge in [-0.2, -0.15) is 0 Å². The molecular weight excluding hydrogens is 326 g/mol. The van der Waals surface area contributed by atoms with Crippen molar-refractivity contribution in [2.75, 3.05) is 13.2 Å². The molecule has 4 heteroatoms. The van der Waals surface area contributed by atoms with E-state index in [-0.39, 0.29) is 0 Å². The first kappa shape index (κ1) is 17.7. The number of hydrogen-bond donors (Lipinski definition) is 0. The van der Waals surface area contributed by atoms with Crippen molar-refractivity contribution in [3.05, 3.63) is 84.1 Å². The Morgan fingerprint density at radius 2 is 1.69 bits per heavy atom. The highest BCUT2D eigenvalue weighted by atomic mass is 16.5. The second-order valence-electron chi connectivity index (χ2n) is 5.74. The lowest BCUT2D eigenvalue weighted by molar-refractivity contribution is 0.0502. The number of carbonyl (C=O) groups excluding carboxylic acids is 1. The monoisotopic (exact) mass is 347 g/mol. The number of hydrogen-bond acceptors (Lipinski definition) is 4. The number of benzene rings is 2. The van der Waals surface area contributed by atoms with Crippen molar-refractivity contribution in [2.24, 2.45) is 0 Å². The van der Waals surface area contributed by atoms with Gasteiger partial charge >= 0.3 is 5.97 Å². The Labute approximate surface area is 153 Å². The first-order chi connectivity index (χ1) is 12.8. The summed E-state index contributed by atoms with van der Waals surface area (Å²) in [4.78, 5) is 16.7. The molecule has 4 nitrogen and oxygen atoms in total. The average Bonchev–Trinajstić information content (AvgIpc) is 2.70. The zero-order valence-electron chi connectivity index (χ0n) is 14.7. The number of nitrogens with zero attached hydrogens (tertiary/aromatic N) is 1. The maximum Gasteiger partial charge on any atom is 0.356 e. The van der Waals surface area contributed by atoms with E-state index in [2.05, 4.69) is 4.98 Å². The standard InChI is InChI=1S/C22H21NO3/c1-2-25-19-13-11-18(12-14-19)20-9-6-10-21(23-20)22(24)26-16-15-17-7-4-3-5-8-17/h3-14H,2,15-16H2,1H3. The van der Waals surface area contributed by atoms with E-state index in [1.165, 1.54) is 0 Å².